The van der Waals surface area contributed by atoms with Crippen molar-refractivity contribution in [2.75, 3.05) is 14.2 Å². The van der Waals surface area contributed by atoms with Gasteiger partial charge < -0.3 is 14.6 Å². The molecular formula is C22H36O5. The first-order valence-electron chi connectivity index (χ1n) is 10.6. The Balaban J connectivity index is 1.78. The molecular weight excluding hydrogens is 344 g/mol. The van der Waals surface area contributed by atoms with E-state index >= 15 is 0 Å². The van der Waals surface area contributed by atoms with E-state index in [2.05, 4.69) is 13.8 Å². The molecule has 0 amide bonds. The highest BCUT2D eigenvalue weighted by molar-refractivity contribution is 5.79. The van der Waals surface area contributed by atoms with E-state index in [0.717, 1.165) is 25.7 Å². The summed E-state index contributed by atoms with van der Waals surface area (Å²) in [6.07, 6.45) is 7.29. The Morgan fingerprint density at radius 1 is 1.07 bits per heavy atom. The maximum atomic E-state index is 12.3. The number of rotatable bonds is 5. The van der Waals surface area contributed by atoms with Gasteiger partial charge in [-0.1, -0.05) is 20.3 Å². The van der Waals surface area contributed by atoms with Crippen molar-refractivity contribution in [3.63, 3.8) is 0 Å². The first-order valence-corrected chi connectivity index (χ1v) is 10.6. The quantitative estimate of drug-likeness (QED) is 0.738. The Morgan fingerprint density at radius 2 is 1.81 bits per heavy atom. The lowest BCUT2D eigenvalue weighted by Crippen LogP contribution is -2.48. The molecule has 0 bridgehead atoms. The molecule has 154 valence electrons. The maximum Gasteiger partial charge on any atom is 0.309 e. The number of aliphatic hydroxyl groups is 1. The molecule has 0 aliphatic heterocycles. The molecule has 8 atom stereocenters. The van der Waals surface area contributed by atoms with Gasteiger partial charge in [0.15, 0.2) is 0 Å². The van der Waals surface area contributed by atoms with Crippen LogP contribution in [0.25, 0.3) is 0 Å². The minimum absolute atomic E-state index is 0.0695. The summed E-state index contributed by atoms with van der Waals surface area (Å²) >= 11 is 0. The molecule has 0 heterocycles. The SMILES string of the molecule is COC(=O)CC(C[C@@H]1[C@H]2CC[C@]3(C)[C@@H](O)CC[C@H]3[C@@H]2CC[C@@H]1C)C(=O)OC. The van der Waals surface area contributed by atoms with Crippen molar-refractivity contribution in [1.82, 2.24) is 0 Å². The van der Waals surface area contributed by atoms with Crippen molar-refractivity contribution in [2.24, 2.45) is 40.9 Å². The van der Waals surface area contributed by atoms with E-state index in [1.165, 1.54) is 27.1 Å². The third-order valence-corrected chi connectivity index (χ3v) is 8.41. The second-order valence-electron chi connectivity index (χ2n) is 9.53. The normalized spacial score (nSPS) is 42.0. The molecule has 0 aromatic rings. The molecule has 0 aromatic heterocycles. The van der Waals surface area contributed by atoms with Gasteiger partial charge in [-0.2, -0.15) is 0 Å². The number of aliphatic hydroxyl groups excluding tert-OH is 1. The van der Waals surface area contributed by atoms with E-state index in [0.29, 0.717) is 36.0 Å². The first kappa shape index (κ1) is 20.6. The molecule has 3 aliphatic carbocycles. The molecule has 1 unspecified atom stereocenters. The molecule has 0 radical (unpaired) electrons. The highest BCUT2D eigenvalue weighted by Gasteiger charge is 2.56. The zero-order valence-corrected chi connectivity index (χ0v) is 17.3. The monoisotopic (exact) mass is 380 g/mol. The van der Waals surface area contributed by atoms with Crippen LogP contribution in [0.5, 0.6) is 0 Å². The van der Waals surface area contributed by atoms with Gasteiger partial charge in [0, 0.05) is 0 Å². The summed E-state index contributed by atoms with van der Waals surface area (Å²) in [4.78, 5) is 24.1. The lowest BCUT2D eigenvalue weighted by molar-refractivity contribution is -0.154. The molecule has 3 aliphatic rings. The summed E-state index contributed by atoms with van der Waals surface area (Å²) < 4.78 is 9.80. The van der Waals surface area contributed by atoms with Crippen molar-refractivity contribution in [3.8, 4) is 0 Å². The van der Waals surface area contributed by atoms with Gasteiger partial charge in [0.2, 0.25) is 0 Å². The van der Waals surface area contributed by atoms with Crippen LogP contribution in [0.2, 0.25) is 0 Å². The lowest BCUT2D eigenvalue weighted by Gasteiger charge is -2.54. The standard InChI is InChI=1S/C22H36O5/c1-13-5-6-16-15(9-10-22(2)18(16)7-8-19(22)23)17(13)11-14(21(25)27-4)12-20(24)26-3/h13-19,23H,5-12H2,1-4H3/t13-,14?,15-,16+,17-,18-,19-,22-/m0/s1. The largest absolute Gasteiger partial charge is 0.469 e. The Bertz CT molecular complexity index is 561. The minimum atomic E-state index is -0.420. The number of hydrogen-bond donors (Lipinski definition) is 1. The average Bonchev–Trinajstić information content (AvgIpc) is 2.97. The third kappa shape index (κ3) is 3.76. The van der Waals surface area contributed by atoms with Gasteiger partial charge in [0.05, 0.1) is 32.7 Å². The van der Waals surface area contributed by atoms with Gasteiger partial charge in [-0.3, -0.25) is 9.59 Å². The maximum absolute atomic E-state index is 12.3. The molecule has 0 saturated heterocycles. The Morgan fingerprint density at radius 3 is 2.48 bits per heavy atom. The highest BCUT2D eigenvalue weighted by atomic mass is 16.5. The molecule has 0 spiro atoms. The zero-order chi connectivity index (χ0) is 19.8. The second-order valence-corrected chi connectivity index (χ2v) is 9.53. The first-order chi connectivity index (χ1) is 12.8. The minimum Gasteiger partial charge on any atom is -0.469 e. The highest BCUT2D eigenvalue weighted by Crippen LogP contribution is 2.61. The van der Waals surface area contributed by atoms with Crippen LogP contribution in [-0.4, -0.2) is 37.4 Å². The van der Waals surface area contributed by atoms with Crippen molar-refractivity contribution >= 4 is 11.9 Å². The summed E-state index contributed by atoms with van der Waals surface area (Å²) in [7, 11) is 2.76. The Kier molecular flexibility index (Phi) is 6.19. The number of methoxy groups -OCH3 is 2. The van der Waals surface area contributed by atoms with Crippen LogP contribution in [0, 0.1) is 40.9 Å². The fraction of sp³-hybridized carbons (Fsp3) is 0.909. The molecule has 0 aromatic carbocycles. The van der Waals surface area contributed by atoms with Gasteiger partial charge >= 0.3 is 11.9 Å². The molecule has 5 heteroatoms. The number of carbonyl (C=O) groups is 2. The van der Waals surface area contributed by atoms with E-state index in [4.69, 9.17) is 9.47 Å². The Hall–Kier alpha value is -1.10. The van der Waals surface area contributed by atoms with E-state index in [1.807, 2.05) is 0 Å². The predicted molar refractivity (Wildman–Crippen MR) is 102 cm³/mol. The second kappa shape index (κ2) is 8.10. The van der Waals surface area contributed by atoms with Crippen LogP contribution in [0.15, 0.2) is 0 Å². The van der Waals surface area contributed by atoms with E-state index < -0.39 is 5.92 Å². The fourth-order valence-corrected chi connectivity index (χ4v) is 6.78. The number of carbonyl (C=O) groups excluding carboxylic acids is 2. The lowest BCUT2D eigenvalue weighted by atomic mass is 9.51. The summed E-state index contributed by atoms with van der Waals surface area (Å²) in [5.41, 5.74) is 0.0695. The van der Waals surface area contributed by atoms with Crippen LogP contribution < -0.4 is 0 Å². The predicted octanol–water partition coefficient (Wildman–Crippen LogP) is 3.58. The molecule has 3 rings (SSSR count). The number of ether oxygens (including phenoxy) is 2. The van der Waals surface area contributed by atoms with Gasteiger partial charge in [-0.15, -0.1) is 0 Å². The molecule has 3 fully saturated rings. The van der Waals surface area contributed by atoms with Crippen molar-refractivity contribution < 1.29 is 24.2 Å². The van der Waals surface area contributed by atoms with E-state index in [9.17, 15) is 14.7 Å². The fourth-order valence-electron chi connectivity index (χ4n) is 6.78. The van der Waals surface area contributed by atoms with Crippen LogP contribution in [0.4, 0.5) is 0 Å². The van der Waals surface area contributed by atoms with Crippen LogP contribution in [-0.2, 0) is 19.1 Å². The molecule has 3 saturated carbocycles. The van der Waals surface area contributed by atoms with Crippen LogP contribution in [0.1, 0.15) is 65.2 Å². The van der Waals surface area contributed by atoms with Crippen LogP contribution in [0.3, 0.4) is 0 Å². The smallest absolute Gasteiger partial charge is 0.309 e. The van der Waals surface area contributed by atoms with Crippen LogP contribution >= 0.6 is 0 Å². The molecule has 27 heavy (non-hydrogen) atoms. The number of fused-ring (bicyclic) bond motifs is 3. The Labute approximate surface area is 163 Å². The van der Waals surface area contributed by atoms with Crippen molar-refractivity contribution in [3.05, 3.63) is 0 Å². The van der Waals surface area contributed by atoms with E-state index in [-0.39, 0.29) is 29.9 Å². The molecule has 5 nitrogen and oxygen atoms in total. The third-order valence-electron chi connectivity index (χ3n) is 8.41. The van der Waals surface area contributed by atoms with Gasteiger partial charge in [-0.25, -0.2) is 0 Å². The van der Waals surface area contributed by atoms with E-state index in [1.54, 1.807) is 0 Å². The van der Waals surface area contributed by atoms with Gasteiger partial charge in [-0.05, 0) is 73.5 Å². The summed E-state index contributed by atoms with van der Waals surface area (Å²) in [5, 5.41) is 10.6. The number of hydrogen-bond acceptors (Lipinski definition) is 5. The summed E-state index contributed by atoms with van der Waals surface area (Å²) in [5.74, 6) is 1.73. The van der Waals surface area contributed by atoms with Gasteiger partial charge in [0.1, 0.15) is 0 Å². The van der Waals surface area contributed by atoms with Crippen molar-refractivity contribution in [2.45, 2.75) is 71.3 Å². The summed E-state index contributed by atoms with van der Waals surface area (Å²) in [6, 6.07) is 0. The molecule has 1 N–H and O–H groups in total. The topological polar surface area (TPSA) is 72.8 Å². The summed E-state index contributed by atoms with van der Waals surface area (Å²) in [6.45, 7) is 4.58. The zero-order valence-electron chi connectivity index (χ0n) is 17.3. The van der Waals surface area contributed by atoms with Crippen molar-refractivity contribution in [1.29, 1.82) is 0 Å². The number of esters is 2. The average molecular weight is 381 g/mol. The van der Waals surface area contributed by atoms with Gasteiger partial charge in [0.25, 0.3) is 0 Å².